The van der Waals surface area contributed by atoms with Crippen molar-refractivity contribution in [2.45, 2.75) is 5.33 Å². The topological polar surface area (TPSA) is 73.8 Å². The van der Waals surface area contributed by atoms with Crippen LogP contribution in [0.5, 0.6) is 0 Å². The Morgan fingerprint density at radius 2 is 2.29 bits per heavy atom. The van der Waals surface area contributed by atoms with Crippen molar-refractivity contribution in [3.63, 3.8) is 0 Å². The number of benzene rings is 1. The number of nitrogens with zero attached hydrogens (tertiary/aromatic N) is 4. The van der Waals surface area contributed by atoms with Gasteiger partial charge in [-0.05, 0) is 6.07 Å². The molecular weight excluding hydrogens is 311 g/mol. The summed E-state index contributed by atoms with van der Waals surface area (Å²) >= 11 is 9.21. The maximum atomic E-state index is 10.7. The molecule has 1 heterocycles. The molecule has 8 heteroatoms. The molecule has 0 aliphatic rings. The predicted molar refractivity (Wildman–Crippen MR) is 65.7 cm³/mol. The highest BCUT2D eigenvalue weighted by molar-refractivity contribution is 9.08. The van der Waals surface area contributed by atoms with Crippen LogP contribution in [0.4, 0.5) is 5.69 Å². The summed E-state index contributed by atoms with van der Waals surface area (Å²) < 4.78 is 1.41. The van der Waals surface area contributed by atoms with Crippen LogP contribution in [-0.4, -0.2) is 19.9 Å². The van der Waals surface area contributed by atoms with Gasteiger partial charge in [-0.3, -0.25) is 10.1 Å². The summed E-state index contributed by atoms with van der Waals surface area (Å²) in [5, 5.41) is 19.3. The lowest BCUT2D eigenvalue weighted by atomic mass is 10.3. The van der Waals surface area contributed by atoms with Crippen molar-refractivity contribution in [1.82, 2.24) is 15.0 Å². The van der Waals surface area contributed by atoms with Crippen molar-refractivity contribution in [2.24, 2.45) is 0 Å². The van der Waals surface area contributed by atoms with Crippen LogP contribution >= 0.6 is 27.5 Å². The van der Waals surface area contributed by atoms with Gasteiger partial charge in [-0.15, -0.1) is 5.10 Å². The Labute approximate surface area is 109 Å². The third-order valence-electron chi connectivity index (χ3n) is 2.07. The van der Waals surface area contributed by atoms with E-state index < -0.39 is 4.92 Å². The number of alkyl halides is 1. The summed E-state index contributed by atoms with van der Waals surface area (Å²) in [6.07, 6.45) is 1.65. The molecule has 6 nitrogen and oxygen atoms in total. The number of nitro groups is 1. The lowest BCUT2D eigenvalue weighted by Crippen LogP contribution is -1.98. The second kappa shape index (κ2) is 4.80. The molecule has 0 unspecified atom stereocenters. The van der Waals surface area contributed by atoms with Gasteiger partial charge in [0.05, 0.1) is 27.5 Å². The molecule has 0 fully saturated rings. The Kier molecular flexibility index (Phi) is 3.39. The van der Waals surface area contributed by atoms with E-state index in [4.69, 9.17) is 11.6 Å². The maximum absolute atomic E-state index is 10.7. The van der Waals surface area contributed by atoms with E-state index in [9.17, 15) is 10.1 Å². The molecule has 2 aromatic rings. The summed E-state index contributed by atoms with van der Waals surface area (Å²) in [5.74, 6) is 0. The molecule has 0 amide bonds. The zero-order valence-corrected chi connectivity index (χ0v) is 10.7. The third-order valence-corrected chi connectivity index (χ3v) is 2.96. The first-order chi connectivity index (χ1) is 8.11. The van der Waals surface area contributed by atoms with Crippen molar-refractivity contribution in [2.75, 3.05) is 0 Å². The number of aromatic nitrogens is 3. The molecule has 0 atom stereocenters. The van der Waals surface area contributed by atoms with Crippen LogP contribution in [0.1, 0.15) is 5.69 Å². The fourth-order valence-electron chi connectivity index (χ4n) is 1.27. The first kappa shape index (κ1) is 12.0. The Morgan fingerprint density at radius 1 is 1.53 bits per heavy atom. The summed E-state index contributed by atoms with van der Waals surface area (Å²) in [5.41, 5.74) is 1.11. The Morgan fingerprint density at radius 3 is 2.88 bits per heavy atom. The van der Waals surface area contributed by atoms with Crippen LogP contribution in [-0.2, 0) is 5.33 Å². The number of hydrogen-bond donors (Lipinski definition) is 0. The van der Waals surface area contributed by atoms with Gasteiger partial charge in [-0.1, -0.05) is 32.7 Å². The number of rotatable bonds is 3. The Balaban J connectivity index is 2.49. The molecule has 88 valence electrons. The third kappa shape index (κ3) is 2.45. The Bertz CT molecular complexity index is 572. The van der Waals surface area contributed by atoms with E-state index in [-0.39, 0.29) is 5.69 Å². The molecule has 0 saturated carbocycles. The van der Waals surface area contributed by atoms with Crippen molar-refractivity contribution < 1.29 is 4.92 Å². The molecule has 0 bridgehead atoms. The lowest BCUT2D eigenvalue weighted by Gasteiger charge is -2.02. The molecule has 0 aliphatic carbocycles. The second-order valence-corrected chi connectivity index (χ2v) is 4.15. The summed E-state index contributed by atoms with van der Waals surface area (Å²) in [7, 11) is 0. The normalized spacial score (nSPS) is 10.5. The number of non-ortho nitro benzene ring substituents is 1. The van der Waals surface area contributed by atoms with Gasteiger partial charge in [0.25, 0.3) is 5.69 Å². The van der Waals surface area contributed by atoms with Crippen molar-refractivity contribution in [1.29, 1.82) is 0 Å². The van der Waals surface area contributed by atoms with Crippen LogP contribution in [0.3, 0.4) is 0 Å². The fourth-order valence-corrected chi connectivity index (χ4v) is 1.73. The van der Waals surface area contributed by atoms with Crippen molar-refractivity contribution >= 4 is 33.2 Å². The van der Waals surface area contributed by atoms with Crippen LogP contribution in [0.15, 0.2) is 24.4 Å². The Hall–Kier alpha value is -1.47. The molecule has 0 aliphatic heterocycles. The number of hydrogen-bond acceptors (Lipinski definition) is 4. The molecule has 1 aromatic heterocycles. The number of halogens is 2. The quantitative estimate of drug-likeness (QED) is 0.495. The van der Waals surface area contributed by atoms with E-state index in [1.165, 1.54) is 22.9 Å². The average molecular weight is 318 g/mol. The van der Waals surface area contributed by atoms with E-state index in [1.54, 1.807) is 6.20 Å². The van der Waals surface area contributed by atoms with E-state index in [1.807, 2.05) is 0 Å². The minimum Gasteiger partial charge on any atom is -0.258 e. The zero-order valence-electron chi connectivity index (χ0n) is 8.38. The number of nitro benzene ring substituents is 1. The van der Waals surface area contributed by atoms with E-state index >= 15 is 0 Å². The highest BCUT2D eigenvalue weighted by Gasteiger charge is 2.12. The minimum absolute atomic E-state index is 0.0414. The zero-order chi connectivity index (χ0) is 12.4. The van der Waals surface area contributed by atoms with Gasteiger partial charge in [-0.25, -0.2) is 4.68 Å². The molecular formula is C9H6BrClN4O2. The van der Waals surface area contributed by atoms with E-state index in [0.717, 1.165) is 0 Å². The first-order valence-corrected chi connectivity index (χ1v) is 6.03. The van der Waals surface area contributed by atoms with Gasteiger partial charge in [0, 0.05) is 17.5 Å². The van der Waals surface area contributed by atoms with Crippen LogP contribution in [0.25, 0.3) is 5.69 Å². The van der Waals surface area contributed by atoms with Gasteiger partial charge >= 0.3 is 0 Å². The fraction of sp³-hybridized carbons (Fsp3) is 0.111. The highest BCUT2D eigenvalue weighted by atomic mass is 79.9. The van der Waals surface area contributed by atoms with Crippen LogP contribution in [0, 0.1) is 10.1 Å². The van der Waals surface area contributed by atoms with Crippen molar-refractivity contribution in [3.05, 3.63) is 45.2 Å². The first-order valence-electron chi connectivity index (χ1n) is 4.53. The average Bonchev–Trinajstić information content (AvgIpc) is 2.77. The van der Waals surface area contributed by atoms with Crippen molar-refractivity contribution in [3.8, 4) is 5.69 Å². The van der Waals surface area contributed by atoms with E-state index in [2.05, 4.69) is 26.2 Å². The molecule has 2 rings (SSSR count). The van der Waals surface area contributed by atoms with Gasteiger partial charge < -0.3 is 0 Å². The van der Waals surface area contributed by atoms with Crippen LogP contribution in [0.2, 0.25) is 5.02 Å². The summed E-state index contributed by atoms with van der Waals surface area (Å²) in [6, 6.07) is 4.16. The smallest absolute Gasteiger partial charge is 0.258 e. The molecule has 0 N–H and O–H groups in total. The molecule has 0 saturated heterocycles. The minimum atomic E-state index is -0.484. The standard InChI is InChI=1S/C9H6BrClN4O2/c10-4-6-5-14(13-12-6)9-3-7(15(16)17)1-2-8(9)11/h1-3,5H,4H2. The molecule has 0 spiro atoms. The van der Waals surface area contributed by atoms with Gasteiger partial charge in [0.1, 0.15) is 0 Å². The predicted octanol–water partition coefficient (Wildman–Crippen LogP) is 2.72. The summed E-state index contributed by atoms with van der Waals surface area (Å²) in [4.78, 5) is 10.2. The highest BCUT2D eigenvalue weighted by Crippen LogP contribution is 2.25. The summed E-state index contributed by atoms with van der Waals surface area (Å²) in [6.45, 7) is 0. The van der Waals surface area contributed by atoms with Gasteiger partial charge in [-0.2, -0.15) is 0 Å². The SMILES string of the molecule is O=[N+]([O-])c1ccc(Cl)c(-n2cc(CBr)nn2)c1. The maximum Gasteiger partial charge on any atom is 0.271 e. The molecule has 0 radical (unpaired) electrons. The van der Waals surface area contributed by atoms with Gasteiger partial charge in [0.15, 0.2) is 0 Å². The largest absolute Gasteiger partial charge is 0.271 e. The monoisotopic (exact) mass is 316 g/mol. The molecule has 1 aromatic carbocycles. The molecule has 17 heavy (non-hydrogen) atoms. The van der Waals surface area contributed by atoms with Crippen LogP contribution < -0.4 is 0 Å². The van der Waals surface area contributed by atoms with E-state index in [0.29, 0.717) is 21.7 Å². The second-order valence-electron chi connectivity index (χ2n) is 3.18. The van der Waals surface area contributed by atoms with Gasteiger partial charge in [0.2, 0.25) is 0 Å². The lowest BCUT2D eigenvalue weighted by molar-refractivity contribution is -0.384.